The van der Waals surface area contributed by atoms with Gasteiger partial charge in [0.05, 0.1) is 0 Å². The van der Waals surface area contributed by atoms with Crippen LogP contribution in [0, 0.1) is 0 Å². The van der Waals surface area contributed by atoms with Crippen molar-refractivity contribution in [3.63, 3.8) is 0 Å². The SMILES string of the molecule is OOO.[AlH3].[NaH]. The van der Waals surface area contributed by atoms with Crippen LogP contribution in [0.4, 0.5) is 0 Å². The zero-order valence-corrected chi connectivity index (χ0v) is 1.30. The first kappa shape index (κ1) is 16.1. The van der Waals surface area contributed by atoms with E-state index in [1.165, 1.54) is 0 Å². The Bertz CT molecular complexity index is 6.85. The zero-order valence-electron chi connectivity index (χ0n) is 1.30. The summed E-state index contributed by atoms with van der Waals surface area (Å²) in [4.78, 5) is 0. The molecule has 0 aromatic heterocycles. The molecule has 0 atom stereocenters. The molecule has 0 saturated heterocycles. The molecule has 0 spiro atoms. The van der Waals surface area contributed by atoms with Gasteiger partial charge in [-0.25, -0.2) is 10.5 Å². The Kier molecular flexibility index (Phi) is 58.4. The Labute approximate surface area is 62.2 Å². The molecule has 0 aliphatic carbocycles. The van der Waals surface area contributed by atoms with E-state index in [9.17, 15) is 0 Å². The summed E-state index contributed by atoms with van der Waals surface area (Å²) in [5.74, 6) is 0. The van der Waals surface area contributed by atoms with Crippen molar-refractivity contribution in [3.05, 3.63) is 0 Å². The molecule has 0 aliphatic rings. The fourth-order valence-corrected chi connectivity index (χ4v) is 0. The van der Waals surface area contributed by atoms with Gasteiger partial charge in [-0.3, -0.25) is 0 Å². The Morgan fingerprint density at radius 2 is 1.20 bits per heavy atom. The van der Waals surface area contributed by atoms with Gasteiger partial charge in [0.25, 0.3) is 0 Å². The molecular formula is H6AlNaO3. The van der Waals surface area contributed by atoms with Gasteiger partial charge < -0.3 is 0 Å². The molecule has 0 rings (SSSR count). The number of rotatable bonds is 0. The molecule has 0 bridgehead atoms. The second kappa shape index (κ2) is 18.1. The topological polar surface area (TPSA) is 49.7 Å². The van der Waals surface area contributed by atoms with E-state index >= 15 is 0 Å². The third-order valence-corrected chi connectivity index (χ3v) is 0. The third kappa shape index (κ3) is 31.6. The van der Waals surface area contributed by atoms with Crippen molar-refractivity contribution >= 4 is 46.9 Å². The zero-order chi connectivity index (χ0) is 2.71. The van der Waals surface area contributed by atoms with Crippen molar-refractivity contribution in [2.45, 2.75) is 0 Å². The van der Waals surface area contributed by atoms with E-state index in [1.54, 1.807) is 0 Å². The maximum absolute atomic E-state index is 6.62. The van der Waals surface area contributed by atoms with Crippen LogP contribution in [0.15, 0.2) is 0 Å². The van der Waals surface area contributed by atoms with Crippen LogP contribution in [-0.2, 0) is 5.04 Å². The number of hydrogen-bond acceptors (Lipinski definition) is 3. The van der Waals surface area contributed by atoms with Crippen LogP contribution < -0.4 is 0 Å². The van der Waals surface area contributed by atoms with Gasteiger partial charge in [-0.2, -0.15) is 0 Å². The quantitative estimate of drug-likeness (QED) is 0.215. The van der Waals surface area contributed by atoms with Crippen molar-refractivity contribution in [2.24, 2.45) is 0 Å². The molecule has 5 heavy (non-hydrogen) atoms. The number of hydrogen-bond donors (Lipinski definition) is 2. The molecule has 0 amide bonds. The van der Waals surface area contributed by atoms with Gasteiger partial charge in [0.15, 0.2) is 17.4 Å². The predicted molar refractivity (Wildman–Crippen MR) is 23.4 cm³/mol. The van der Waals surface area contributed by atoms with Gasteiger partial charge in [0, 0.05) is 0 Å². The Morgan fingerprint density at radius 3 is 1.20 bits per heavy atom. The molecule has 0 aromatic carbocycles. The van der Waals surface area contributed by atoms with Crippen LogP contribution in [0.3, 0.4) is 0 Å². The van der Waals surface area contributed by atoms with Gasteiger partial charge in [-0.1, -0.05) is 5.04 Å². The predicted octanol–water partition coefficient (Wildman–Crippen LogP) is -1.88. The summed E-state index contributed by atoms with van der Waals surface area (Å²) in [5, 5.41) is 15.5. The second-order valence-electron chi connectivity index (χ2n) is 0.0816. The van der Waals surface area contributed by atoms with E-state index in [2.05, 4.69) is 5.04 Å². The first-order chi connectivity index (χ1) is 1.41. The van der Waals surface area contributed by atoms with Gasteiger partial charge >= 0.3 is 29.6 Å². The Balaban J connectivity index is -0.0000000200. The van der Waals surface area contributed by atoms with E-state index < -0.39 is 0 Å². The first-order valence-electron chi connectivity index (χ1n) is 0.365. The molecule has 0 heterocycles. The van der Waals surface area contributed by atoms with Gasteiger partial charge in [0.1, 0.15) is 0 Å². The van der Waals surface area contributed by atoms with Gasteiger partial charge in [-0.05, 0) is 0 Å². The summed E-state index contributed by atoms with van der Waals surface area (Å²) in [6, 6.07) is 0. The van der Waals surface area contributed by atoms with Crippen LogP contribution in [0.2, 0.25) is 0 Å². The van der Waals surface area contributed by atoms with Crippen LogP contribution in [0.5, 0.6) is 0 Å². The van der Waals surface area contributed by atoms with E-state index in [1.807, 2.05) is 0 Å². The summed E-state index contributed by atoms with van der Waals surface area (Å²) in [6.07, 6.45) is 0. The van der Waals surface area contributed by atoms with E-state index in [4.69, 9.17) is 10.5 Å². The summed E-state index contributed by atoms with van der Waals surface area (Å²) >= 11 is 0. The molecule has 0 unspecified atom stereocenters. The average molecular weight is 104 g/mol. The molecule has 28 valence electrons. The molecule has 0 aliphatic heterocycles. The maximum atomic E-state index is 6.62. The fourth-order valence-electron chi connectivity index (χ4n) is 0. The van der Waals surface area contributed by atoms with Crippen molar-refractivity contribution < 1.29 is 15.6 Å². The van der Waals surface area contributed by atoms with E-state index in [-0.39, 0.29) is 46.9 Å². The minimum absolute atomic E-state index is 0. The molecular weight excluding hydrogens is 98.0 g/mol. The summed E-state index contributed by atoms with van der Waals surface area (Å²) < 4.78 is 0. The summed E-state index contributed by atoms with van der Waals surface area (Å²) in [7, 11) is 0. The molecule has 0 fully saturated rings. The van der Waals surface area contributed by atoms with Crippen LogP contribution >= 0.6 is 0 Å². The fraction of sp³-hybridized carbons (Fsp3) is 0. The molecule has 0 radical (unpaired) electrons. The normalized spacial score (nSPS) is 3.60. The minimum atomic E-state index is 0. The Morgan fingerprint density at radius 1 is 1.20 bits per heavy atom. The molecule has 5 heteroatoms. The first-order valence-corrected chi connectivity index (χ1v) is 0.365. The average Bonchev–Trinajstić information content (AvgIpc) is 0.918. The second-order valence-corrected chi connectivity index (χ2v) is 0.0816. The molecule has 2 N–H and O–H groups in total. The van der Waals surface area contributed by atoms with E-state index in [0.29, 0.717) is 0 Å². The molecule has 0 saturated carbocycles. The van der Waals surface area contributed by atoms with Crippen LogP contribution in [-0.4, -0.2) is 57.4 Å². The van der Waals surface area contributed by atoms with Gasteiger partial charge in [-0.15, -0.1) is 0 Å². The van der Waals surface area contributed by atoms with E-state index in [0.717, 1.165) is 0 Å². The third-order valence-electron chi connectivity index (χ3n) is 0. The van der Waals surface area contributed by atoms with Gasteiger partial charge in [0.2, 0.25) is 0 Å². The van der Waals surface area contributed by atoms with Crippen molar-refractivity contribution in [1.29, 1.82) is 0 Å². The van der Waals surface area contributed by atoms with Crippen LogP contribution in [0.25, 0.3) is 0 Å². The standard InChI is InChI=1S/Al.Na.H2O3.4H/c;;1-3-2;;;;/h;;1-2H;;;;. The Hall–Kier alpha value is 1.41. The van der Waals surface area contributed by atoms with Crippen molar-refractivity contribution in [2.75, 3.05) is 0 Å². The summed E-state index contributed by atoms with van der Waals surface area (Å²) in [5.41, 5.74) is 0. The summed E-state index contributed by atoms with van der Waals surface area (Å²) in [6.45, 7) is 0. The van der Waals surface area contributed by atoms with Crippen molar-refractivity contribution in [3.8, 4) is 0 Å². The monoisotopic (exact) mass is 104 g/mol. The van der Waals surface area contributed by atoms with Crippen molar-refractivity contribution in [1.82, 2.24) is 0 Å². The van der Waals surface area contributed by atoms with Crippen LogP contribution in [0.1, 0.15) is 0 Å². The molecule has 0 aromatic rings. The molecule has 3 nitrogen and oxygen atoms in total.